The van der Waals surface area contributed by atoms with Crippen molar-refractivity contribution in [3.63, 3.8) is 0 Å². The Morgan fingerprint density at radius 3 is 2.42 bits per heavy atom. The number of carbonyl (C=O) groups excluding carboxylic acids is 1. The summed E-state index contributed by atoms with van der Waals surface area (Å²) in [5.41, 5.74) is -1.91. The van der Waals surface area contributed by atoms with E-state index < -0.39 is 27.0 Å². The van der Waals surface area contributed by atoms with Gasteiger partial charge in [0.1, 0.15) is 5.60 Å². The van der Waals surface area contributed by atoms with Crippen molar-refractivity contribution in [3.05, 3.63) is 0 Å². The van der Waals surface area contributed by atoms with Gasteiger partial charge in [0.15, 0.2) is 15.3 Å². The van der Waals surface area contributed by atoms with E-state index in [1.165, 1.54) is 0 Å². The van der Waals surface area contributed by atoms with E-state index in [0.29, 0.717) is 19.3 Å². The van der Waals surface area contributed by atoms with E-state index in [-0.39, 0.29) is 12.0 Å². The quantitative estimate of drug-likeness (QED) is 0.811. The summed E-state index contributed by atoms with van der Waals surface area (Å²) in [6, 6.07) is -0.142. The van der Waals surface area contributed by atoms with E-state index in [1.807, 2.05) is 0 Å². The fourth-order valence-corrected chi connectivity index (χ4v) is 3.18. The molecule has 0 bridgehead atoms. The molecule has 0 radical (unpaired) electrons. The van der Waals surface area contributed by atoms with Gasteiger partial charge in [-0.25, -0.2) is 13.2 Å². The summed E-state index contributed by atoms with van der Waals surface area (Å²) in [4.78, 5) is 11.6. The van der Waals surface area contributed by atoms with Crippen molar-refractivity contribution in [1.29, 1.82) is 0 Å². The van der Waals surface area contributed by atoms with E-state index >= 15 is 0 Å². The second kappa shape index (κ2) is 5.66. The van der Waals surface area contributed by atoms with E-state index in [9.17, 15) is 18.3 Å². The average Bonchev–Trinajstić information content (AvgIpc) is 2.60. The average molecular weight is 293 g/mol. The Labute approximate surface area is 114 Å². The number of hydrogen-bond donors (Lipinski definition) is 2. The van der Waals surface area contributed by atoms with Gasteiger partial charge in [0, 0.05) is 18.2 Å². The Kier molecular flexibility index (Phi) is 4.84. The second-order valence-electron chi connectivity index (χ2n) is 6.14. The van der Waals surface area contributed by atoms with Crippen molar-refractivity contribution in [3.8, 4) is 0 Å². The number of nitrogens with one attached hydrogen (secondary N) is 1. The summed E-state index contributed by atoms with van der Waals surface area (Å²) >= 11 is 0. The van der Waals surface area contributed by atoms with Crippen LogP contribution >= 0.6 is 0 Å². The molecule has 0 aromatic heterocycles. The summed E-state index contributed by atoms with van der Waals surface area (Å²) in [6.07, 6.45) is 2.19. The smallest absolute Gasteiger partial charge is 0.407 e. The Morgan fingerprint density at radius 1 is 1.37 bits per heavy atom. The van der Waals surface area contributed by atoms with Crippen LogP contribution in [0.5, 0.6) is 0 Å². The number of aliphatic hydroxyl groups is 1. The summed E-state index contributed by atoms with van der Waals surface area (Å²) < 4.78 is 27.7. The van der Waals surface area contributed by atoms with E-state index in [1.54, 1.807) is 20.8 Å². The molecule has 3 unspecified atom stereocenters. The molecule has 0 aliphatic heterocycles. The van der Waals surface area contributed by atoms with Crippen molar-refractivity contribution in [2.24, 2.45) is 5.92 Å². The molecule has 7 heteroatoms. The largest absolute Gasteiger partial charge is 0.444 e. The summed E-state index contributed by atoms with van der Waals surface area (Å²) in [5.74, 6) is -0.324. The van der Waals surface area contributed by atoms with Crippen LogP contribution in [0.15, 0.2) is 0 Å². The standard InChI is InChI=1S/C12H23NO5S/c1-12(2,3)18-11(15)13-9-6-5-8(7-9)10(14)19(4,16)17/h8-10,14H,5-7H2,1-4H3,(H,13,15). The van der Waals surface area contributed by atoms with Crippen molar-refractivity contribution in [1.82, 2.24) is 5.32 Å². The molecule has 3 atom stereocenters. The van der Waals surface area contributed by atoms with Gasteiger partial charge < -0.3 is 15.2 Å². The van der Waals surface area contributed by atoms with Gasteiger partial charge in [-0.15, -0.1) is 0 Å². The zero-order valence-corrected chi connectivity index (χ0v) is 12.7. The highest BCUT2D eigenvalue weighted by Crippen LogP contribution is 2.30. The first-order valence-electron chi connectivity index (χ1n) is 6.35. The predicted molar refractivity (Wildman–Crippen MR) is 71.3 cm³/mol. The minimum absolute atomic E-state index is 0.142. The Bertz CT molecular complexity index is 426. The minimum Gasteiger partial charge on any atom is -0.444 e. The zero-order valence-electron chi connectivity index (χ0n) is 11.8. The van der Waals surface area contributed by atoms with Gasteiger partial charge in [-0.3, -0.25) is 0 Å². The van der Waals surface area contributed by atoms with Gasteiger partial charge in [0.25, 0.3) is 0 Å². The third-order valence-corrected chi connectivity index (χ3v) is 4.30. The third-order valence-electron chi connectivity index (χ3n) is 3.04. The number of amides is 1. The fourth-order valence-electron chi connectivity index (χ4n) is 2.23. The molecule has 1 aliphatic rings. The molecule has 19 heavy (non-hydrogen) atoms. The lowest BCUT2D eigenvalue weighted by molar-refractivity contribution is 0.0503. The third kappa shape index (κ3) is 5.36. The van der Waals surface area contributed by atoms with E-state index in [2.05, 4.69) is 5.32 Å². The van der Waals surface area contributed by atoms with Gasteiger partial charge in [-0.05, 0) is 40.0 Å². The van der Waals surface area contributed by atoms with E-state index in [0.717, 1.165) is 6.26 Å². The molecule has 0 aromatic carbocycles. The second-order valence-corrected chi connectivity index (χ2v) is 8.28. The molecule has 1 amide bonds. The lowest BCUT2D eigenvalue weighted by Crippen LogP contribution is -2.38. The van der Waals surface area contributed by atoms with Crippen LogP contribution in [0.2, 0.25) is 0 Å². The van der Waals surface area contributed by atoms with Crippen LogP contribution < -0.4 is 5.32 Å². The van der Waals surface area contributed by atoms with Crippen molar-refractivity contribution >= 4 is 15.9 Å². The van der Waals surface area contributed by atoms with Crippen LogP contribution in [0.1, 0.15) is 40.0 Å². The van der Waals surface area contributed by atoms with Crippen LogP contribution in [0.3, 0.4) is 0 Å². The lowest BCUT2D eigenvalue weighted by atomic mass is 10.1. The number of ether oxygens (including phenoxy) is 1. The number of rotatable bonds is 3. The molecule has 1 rings (SSSR count). The van der Waals surface area contributed by atoms with Crippen LogP contribution in [0.4, 0.5) is 4.79 Å². The van der Waals surface area contributed by atoms with E-state index in [4.69, 9.17) is 4.74 Å². The predicted octanol–water partition coefficient (Wildman–Crippen LogP) is 1.04. The fraction of sp³-hybridized carbons (Fsp3) is 0.917. The minimum atomic E-state index is -3.46. The molecule has 1 fully saturated rings. The Hall–Kier alpha value is -0.820. The summed E-state index contributed by atoms with van der Waals surface area (Å²) in [6.45, 7) is 5.33. The van der Waals surface area contributed by atoms with Gasteiger partial charge in [0.2, 0.25) is 0 Å². The molecule has 112 valence electrons. The highest BCUT2D eigenvalue weighted by Gasteiger charge is 2.35. The van der Waals surface area contributed by atoms with Crippen LogP contribution in [0, 0.1) is 5.92 Å². The highest BCUT2D eigenvalue weighted by molar-refractivity contribution is 7.91. The van der Waals surface area contributed by atoms with Crippen LogP contribution in [0.25, 0.3) is 0 Å². The molecule has 1 saturated carbocycles. The highest BCUT2D eigenvalue weighted by atomic mass is 32.2. The van der Waals surface area contributed by atoms with Crippen LogP contribution in [-0.4, -0.2) is 43.0 Å². The molecular formula is C12H23NO5S. The lowest BCUT2D eigenvalue weighted by Gasteiger charge is -2.22. The van der Waals surface area contributed by atoms with Gasteiger partial charge in [-0.1, -0.05) is 0 Å². The molecule has 0 saturated heterocycles. The van der Waals surface area contributed by atoms with Gasteiger partial charge >= 0.3 is 6.09 Å². The van der Waals surface area contributed by atoms with Crippen molar-refractivity contribution < 1.29 is 23.1 Å². The molecule has 0 aromatic rings. The zero-order chi connectivity index (χ0) is 14.8. The molecule has 2 N–H and O–H groups in total. The first kappa shape index (κ1) is 16.2. The number of hydrogen-bond acceptors (Lipinski definition) is 5. The number of carbonyl (C=O) groups is 1. The molecular weight excluding hydrogens is 270 g/mol. The maximum absolute atomic E-state index is 11.6. The molecule has 6 nitrogen and oxygen atoms in total. The first-order valence-corrected chi connectivity index (χ1v) is 8.31. The Morgan fingerprint density at radius 2 is 1.95 bits per heavy atom. The summed E-state index contributed by atoms with van der Waals surface area (Å²) in [5, 5.41) is 12.4. The number of sulfone groups is 1. The number of aliphatic hydroxyl groups excluding tert-OH is 1. The van der Waals surface area contributed by atoms with Gasteiger partial charge in [0.05, 0.1) is 0 Å². The molecule has 0 spiro atoms. The maximum atomic E-state index is 11.6. The van der Waals surface area contributed by atoms with Crippen molar-refractivity contribution in [2.45, 2.75) is 57.1 Å². The number of alkyl carbamates (subject to hydrolysis) is 1. The molecule has 1 aliphatic carbocycles. The first-order chi connectivity index (χ1) is 8.49. The monoisotopic (exact) mass is 293 g/mol. The Balaban J connectivity index is 2.47. The molecule has 0 heterocycles. The van der Waals surface area contributed by atoms with Crippen molar-refractivity contribution in [2.75, 3.05) is 6.26 Å². The maximum Gasteiger partial charge on any atom is 0.407 e. The SMILES string of the molecule is CC(C)(C)OC(=O)NC1CCC(C(O)S(C)(=O)=O)C1. The summed E-state index contributed by atoms with van der Waals surface area (Å²) in [7, 11) is -3.46. The van der Waals surface area contributed by atoms with Crippen LogP contribution in [-0.2, 0) is 14.6 Å². The normalized spacial score (nSPS) is 25.9. The topological polar surface area (TPSA) is 92.7 Å². The van der Waals surface area contributed by atoms with Gasteiger partial charge in [-0.2, -0.15) is 0 Å².